The van der Waals surface area contributed by atoms with Crippen LogP contribution in [0.5, 0.6) is 0 Å². The summed E-state index contributed by atoms with van der Waals surface area (Å²) in [5.74, 6) is 0. The summed E-state index contributed by atoms with van der Waals surface area (Å²) in [6, 6.07) is 6.26. The van der Waals surface area contributed by atoms with Crippen molar-refractivity contribution in [3.05, 3.63) is 36.0 Å². The van der Waals surface area contributed by atoms with Crippen LogP contribution in [0, 0.1) is 0 Å². The maximum Gasteiger partial charge on any atom is 0.322 e. The molecule has 0 saturated heterocycles. The van der Waals surface area contributed by atoms with E-state index in [1.807, 2.05) is 31.7 Å². The number of anilines is 1. The predicted octanol–water partition coefficient (Wildman–Crippen LogP) is 5.71. The Morgan fingerprint density at radius 1 is 1.28 bits per heavy atom. The molecule has 0 bridgehead atoms. The van der Waals surface area contributed by atoms with Crippen LogP contribution in [-0.2, 0) is 0 Å². The molecule has 0 saturated carbocycles. The highest BCUT2D eigenvalue weighted by Crippen LogP contribution is 2.31. The van der Waals surface area contributed by atoms with Gasteiger partial charge in [-0.15, -0.1) is 0 Å². The fourth-order valence-corrected chi connectivity index (χ4v) is 4.15. The summed E-state index contributed by atoms with van der Waals surface area (Å²) in [7, 11) is 0. The number of H-pyrrole nitrogens is 1. The third kappa shape index (κ3) is 5.21. The summed E-state index contributed by atoms with van der Waals surface area (Å²) < 4.78 is 0. The number of aromatic nitrogens is 1. The number of nitrogens with one attached hydrogen (secondary N) is 2. The zero-order chi connectivity index (χ0) is 20.8. The van der Waals surface area contributed by atoms with Crippen LogP contribution in [0.3, 0.4) is 0 Å². The first-order valence-corrected chi connectivity index (χ1v) is 11.1. The van der Waals surface area contributed by atoms with Gasteiger partial charge in [0, 0.05) is 54.0 Å². The molecule has 0 atom stereocenters. The van der Waals surface area contributed by atoms with E-state index in [2.05, 4.69) is 46.5 Å². The van der Waals surface area contributed by atoms with Gasteiger partial charge in [0.15, 0.2) is 0 Å². The van der Waals surface area contributed by atoms with Crippen molar-refractivity contribution in [3.8, 4) is 0 Å². The van der Waals surface area contributed by atoms with Gasteiger partial charge in [-0.25, -0.2) is 4.79 Å². The molecule has 5 heteroatoms. The molecule has 2 aromatic rings. The van der Waals surface area contributed by atoms with Crippen LogP contribution in [0.2, 0.25) is 0 Å². The highest BCUT2D eigenvalue weighted by molar-refractivity contribution is 5.97. The Morgan fingerprint density at radius 3 is 2.76 bits per heavy atom. The summed E-state index contributed by atoms with van der Waals surface area (Å²) >= 11 is 0. The van der Waals surface area contributed by atoms with Gasteiger partial charge in [0.05, 0.1) is 0 Å². The molecule has 1 aromatic carbocycles. The molecule has 3 rings (SSSR count). The van der Waals surface area contributed by atoms with Crippen molar-refractivity contribution in [1.82, 2.24) is 14.8 Å². The zero-order valence-corrected chi connectivity index (χ0v) is 18.4. The molecule has 2 N–H and O–H groups in total. The summed E-state index contributed by atoms with van der Waals surface area (Å²) in [5.41, 5.74) is 4.63. The van der Waals surface area contributed by atoms with Crippen molar-refractivity contribution in [2.24, 2.45) is 0 Å². The van der Waals surface area contributed by atoms with Gasteiger partial charge in [-0.1, -0.05) is 25.8 Å². The minimum atomic E-state index is -0.0430. The number of carbonyl (C=O) groups excluding carboxylic acids is 1. The molecule has 0 aliphatic carbocycles. The Morgan fingerprint density at radius 2 is 2.10 bits per heavy atom. The second-order valence-corrected chi connectivity index (χ2v) is 8.26. The van der Waals surface area contributed by atoms with E-state index in [0.29, 0.717) is 6.54 Å². The molecule has 1 aromatic heterocycles. The lowest BCUT2D eigenvalue weighted by Gasteiger charge is -2.26. The van der Waals surface area contributed by atoms with E-state index in [9.17, 15) is 4.79 Å². The molecule has 0 spiro atoms. The third-order valence-corrected chi connectivity index (χ3v) is 5.88. The molecule has 2 heterocycles. The molecule has 5 nitrogen and oxygen atoms in total. The van der Waals surface area contributed by atoms with E-state index in [-0.39, 0.29) is 12.1 Å². The number of hydrogen-bond donors (Lipinski definition) is 2. The Labute approximate surface area is 175 Å². The average Bonchev–Trinajstić information content (AvgIpc) is 3.12. The number of benzene rings is 1. The van der Waals surface area contributed by atoms with Crippen molar-refractivity contribution >= 4 is 28.2 Å². The van der Waals surface area contributed by atoms with Gasteiger partial charge in [0.25, 0.3) is 0 Å². The highest BCUT2D eigenvalue weighted by Gasteiger charge is 2.17. The fraction of sp³-hybridized carbons (Fsp3) is 0.542. The third-order valence-electron chi connectivity index (χ3n) is 5.88. The van der Waals surface area contributed by atoms with Gasteiger partial charge >= 0.3 is 6.03 Å². The lowest BCUT2D eigenvalue weighted by molar-refractivity contribution is 0.201. The van der Waals surface area contributed by atoms with Gasteiger partial charge in [-0.2, -0.15) is 0 Å². The summed E-state index contributed by atoms with van der Waals surface area (Å²) in [5, 5.41) is 4.25. The number of carbonyl (C=O) groups is 1. The van der Waals surface area contributed by atoms with Gasteiger partial charge < -0.3 is 15.2 Å². The molecule has 29 heavy (non-hydrogen) atoms. The van der Waals surface area contributed by atoms with E-state index in [4.69, 9.17) is 0 Å². The van der Waals surface area contributed by atoms with E-state index in [1.165, 1.54) is 42.3 Å². The van der Waals surface area contributed by atoms with Crippen LogP contribution in [0.25, 0.3) is 16.5 Å². The van der Waals surface area contributed by atoms with Crippen LogP contribution >= 0.6 is 0 Å². The molecule has 0 radical (unpaired) electrons. The van der Waals surface area contributed by atoms with E-state index in [1.54, 1.807) is 0 Å². The fourth-order valence-electron chi connectivity index (χ4n) is 4.15. The van der Waals surface area contributed by atoms with Gasteiger partial charge in [0.2, 0.25) is 0 Å². The Kier molecular flexibility index (Phi) is 7.37. The maximum atomic E-state index is 12.6. The molecule has 2 amide bonds. The Balaban J connectivity index is 1.74. The smallest absolute Gasteiger partial charge is 0.322 e. The normalized spacial score (nSPS) is 15.0. The lowest BCUT2D eigenvalue weighted by atomic mass is 9.98. The SMILES string of the molecule is CCCCCN1CC=C(c2c[nH]c3ccc(NC(=O)N(CC)C(C)C)cc23)CC1. The number of urea groups is 1. The van der Waals surface area contributed by atoms with Crippen LogP contribution < -0.4 is 5.32 Å². The van der Waals surface area contributed by atoms with Gasteiger partial charge in [-0.3, -0.25) is 4.90 Å². The molecule has 158 valence electrons. The topological polar surface area (TPSA) is 51.4 Å². The Bertz CT molecular complexity index is 852. The first-order chi connectivity index (χ1) is 14.0. The molecule has 1 aliphatic heterocycles. The molecule has 0 unspecified atom stereocenters. The monoisotopic (exact) mass is 396 g/mol. The van der Waals surface area contributed by atoms with E-state index in [0.717, 1.165) is 30.7 Å². The summed E-state index contributed by atoms with van der Waals surface area (Å²) in [4.78, 5) is 20.4. The quantitative estimate of drug-likeness (QED) is 0.562. The summed E-state index contributed by atoms with van der Waals surface area (Å²) in [6.07, 6.45) is 9.45. The number of nitrogens with zero attached hydrogens (tertiary/aromatic N) is 2. The standard InChI is InChI=1S/C24H36N4O/c1-5-7-8-13-27-14-11-19(12-15-27)22-17-25-23-10-9-20(16-21(22)23)26-24(29)28(6-2)18(3)4/h9-11,16-18,25H,5-8,12-15H2,1-4H3,(H,26,29). The van der Waals surface area contributed by atoms with E-state index >= 15 is 0 Å². The predicted molar refractivity (Wildman–Crippen MR) is 123 cm³/mol. The van der Waals surface area contributed by atoms with Crippen LogP contribution in [-0.4, -0.2) is 53.0 Å². The molecule has 0 fully saturated rings. The lowest BCUT2D eigenvalue weighted by Crippen LogP contribution is -2.39. The highest BCUT2D eigenvalue weighted by atomic mass is 16.2. The largest absolute Gasteiger partial charge is 0.361 e. The first-order valence-electron chi connectivity index (χ1n) is 11.1. The summed E-state index contributed by atoms with van der Waals surface area (Å²) in [6.45, 7) is 12.4. The number of amides is 2. The molecule has 1 aliphatic rings. The Hall–Kier alpha value is -2.27. The number of fused-ring (bicyclic) bond motifs is 1. The van der Waals surface area contributed by atoms with E-state index < -0.39 is 0 Å². The minimum absolute atomic E-state index is 0.0430. The molecular weight excluding hydrogens is 360 g/mol. The van der Waals surface area contributed by atoms with Gasteiger partial charge in [-0.05, 0) is 63.9 Å². The number of rotatable bonds is 8. The van der Waals surface area contributed by atoms with Crippen molar-refractivity contribution in [2.75, 3.05) is 31.5 Å². The minimum Gasteiger partial charge on any atom is -0.361 e. The number of unbranched alkanes of at least 4 members (excludes halogenated alkanes) is 2. The second kappa shape index (κ2) is 9.97. The second-order valence-electron chi connectivity index (χ2n) is 8.26. The van der Waals surface area contributed by atoms with Crippen molar-refractivity contribution in [3.63, 3.8) is 0 Å². The number of hydrogen-bond acceptors (Lipinski definition) is 2. The van der Waals surface area contributed by atoms with Crippen molar-refractivity contribution in [2.45, 2.75) is 59.4 Å². The zero-order valence-electron chi connectivity index (χ0n) is 18.4. The van der Waals surface area contributed by atoms with Crippen LogP contribution in [0.4, 0.5) is 10.5 Å². The molecular formula is C24H36N4O. The average molecular weight is 397 g/mol. The van der Waals surface area contributed by atoms with Crippen molar-refractivity contribution in [1.29, 1.82) is 0 Å². The van der Waals surface area contributed by atoms with Crippen LogP contribution in [0.1, 0.15) is 58.9 Å². The van der Waals surface area contributed by atoms with Gasteiger partial charge in [0.1, 0.15) is 0 Å². The van der Waals surface area contributed by atoms with Crippen molar-refractivity contribution < 1.29 is 4.79 Å². The first kappa shape index (κ1) is 21.4. The number of aromatic amines is 1. The van der Waals surface area contributed by atoms with Crippen LogP contribution in [0.15, 0.2) is 30.5 Å². The maximum absolute atomic E-state index is 12.6.